The Morgan fingerprint density at radius 3 is 2.27 bits per heavy atom. The van der Waals surface area contributed by atoms with Gasteiger partial charge in [0.05, 0.1) is 0 Å². The number of benzene rings is 1. The second-order valence-electron chi connectivity index (χ2n) is 7.24. The molecule has 3 heteroatoms. The van der Waals surface area contributed by atoms with Gasteiger partial charge in [0, 0.05) is 43.7 Å². The molecule has 0 radical (unpaired) electrons. The number of nitrogens with zero attached hydrogens (tertiary/aromatic N) is 2. The molecule has 1 saturated heterocycles. The van der Waals surface area contributed by atoms with E-state index in [1.165, 1.54) is 55.6 Å². The first-order valence-corrected chi connectivity index (χ1v) is 9.43. The van der Waals surface area contributed by atoms with E-state index in [0.29, 0.717) is 0 Å². The molecule has 2 fully saturated rings. The lowest BCUT2D eigenvalue weighted by molar-refractivity contribution is 0.108. The van der Waals surface area contributed by atoms with Crippen LogP contribution in [-0.2, 0) is 6.54 Å². The molecule has 2 bridgehead atoms. The van der Waals surface area contributed by atoms with Gasteiger partial charge in [0.25, 0.3) is 0 Å². The van der Waals surface area contributed by atoms with Crippen LogP contribution in [-0.4, -0.2) is 42.5 Å². The Balaban J connectivity index is 1.24. The molecule has 0 spiro atoms. The van der Waals surface area contributed by atoms with Gasteiger partial charge in [0.15, 0.2) is 0 Å². The molecule has 3 aliphatic rings. The van der Waals surface area contributed by atoms with Crippen molar-refractivity contribution in [1.82, 2.24) is 9.80 Å². The molecule has 1 saturated carbocycles. The standard InChI is InChI=1S/C19H25BrN2/c20-19-5-2-15(3-6-19)13-21-7-9-22(10-8-21)14-18-12-16-1-4-17(18)11-16/h1-6,16-18H,7-14H2/t16-,17-,18+/m1/s1. The second kappa shape index (κ2) is 6.46. The Bertz CT molecular complexity index is 531. The fourth-order valence-corrected chi connectivity index (χ4v) is 4.68. The van der Waals surface area contributed by atoms with Gasteiger partial charge >= 0.3 is 0 Å². The second-order valence-corrected chi connectivity index (χ2v) is 8.16. The molecule has 1 aliphatic heterocycles. The van der Waals surface area contributed by atoms with Crippen LogP contribution in [0, 0.1) is 17.8 Å². The van der Waals surface area contributed by atoms with Crippen molar-refractivity contribution in [2.24, 2.45) is 17.8 Å². The fourth-order valence-electron chi connectivity index (χ4n) is 4.41. The van der Waals surface area contributed by atoms with E-state index in [-0.39, 0.29) is 0 Å². The zero-order valence-electron chi connectivity index (χ0n) is 13.1. The third-order valence-electron chi connectivity index (χ3n) is 5.69. The molecule has 0 aromatic heterocycles. The van der Waals surface area contributed by atoms with Crippen molar-refractivity contribution in [2.45, 2.75) is 19.4 Å². The maximum atomic E-state index is 3.51. The molecule has 22 heavy (non-hydrogen) atoms. The van der Waals surface area contributed by atoms with Crippen LogP contribution in [0.25, 0.3) is 0 Å². The predicted molar refractivity (Wildman–Crippen MR) is 94.7 cm³/mol. The summed E-state index contributed by atoms with van der Waals surface area (Å²) in [5, 5.41) is 0. The molecule has 0 unspecified atom stereocenters. The Hall–Kier alpha value is -0.640. The van der Waals surface area contributed by atoms with E-state index in [4.69, 9.17) is 0 Å². The third-order valence-corrected chi connectivity index (χ3v) is 6.22. The van der Waals surface area contributed by atoms with Crippen LogP contribution in [0.3, 0.4) is 0 Å². The van der Waals surface area contributed by atoms with Crippen LogP contribution in [0.2, 0.25) is 0 Å². The molecule has 0 amide bonds. The van der Waals surface area contributed by atoms with Crippen LogP contribution < -0.4 is 0 Å². The molecule has 4 rings (SSSR count). The van der Waals surface area contributed by atoms with Gasteiger partial charge in [-0.05, 0) is 48.3 Å². The van der Waals surface area contributed by atoms with Crippen molar-refractivity contribution < 1.29 is 0 Å². The van der Waals surface area contributed by atoms with Crippen LogP contribution in [0.5, 0.6) is 0 Å². The summed E-state index contributed by atoms with van der Waals surface area (Å²) in [6.45, 7) is 7.34. The Morgan fingerprint density at radius 2 is 1.64 bits per heavy atom. The molecule has 2 nitrogen and oxygen atoms in total. The summed E-state index contributed by atoms with van der Waals surface area (Å²) in [5.74, 6) is 2.74. The summed E-state index contributed by atoms with van der Waals surface area (Å²) in [6.07, 6.45) is 7.83. The van der Waals surface area contributed by atoms with Gasteiger partial charge < -0.3 is 4.90 Å². The monoisotopic (exact) mass is 360 g/mol. The molecular formula is C19H25BrN2. The summed E-state index contributed by atoms with van der Waals surface area (Å²) < 4.78 is 1.17. The zero-order chi connectivity index (χ0) is 14.9. The summed E-state index contributed by atoms with van der Waals surface area (Å²) >= 11 is 3.51. The summed E-state index contributed by atoms with van der Waals surface area (Å²) in [6, 6.07) is 8.76. The van der Waals surface area contributed by atoms with Crippen molar-refractivity contribution in [3.05, 3.63) is 46.5 Å². The van der Waals surface area contributed by atoms with Gasteiger partial charge in [0.2, 0.25) is 0 Å². The lowest BCUT2D eigenvalue weighted by Gasteiger charge is -2.37. The van der Waals surface area contributed by atoms with Gasteiger partial charge in [0.1, 0.15) is 0 Å². The van der Waals surface area contributed by atoms with Crippen LogP contribution in [0.15, 0.2) is 40.9 Å². The van der Waals surface area contributed by atoms with Crippen molar-refractivity contribution >= 4 is 15.9 Å². The van der Waals surface area contributed by atoms with Gasteiger partial charge in [-0.25, -0.2) is 0 Å². The summed E-state index contributed by atoms with van der Waals surface area (Å²) in [7, 11) is 0. The number of allylic oxidation sites excluding steroid dienone is 2. The average molecular weight is 361 g/mol. The number of fused-ring (bicyclic) bond motifs is 2. The maximum Gasteiger partial charge on any atom is 0.0234 e. The average Bonchev–Trinajstić information content (AvgIpc) is 3.14. The van der Waals surface area contributed by atoms with E-state index in [0.717, 1.165) is 24.3 Å². The smallest absolute Gasteiger partial charge is 0.0234 e. The van der Waals surface area contributed by atoms with Crippen molar-refractivity contribution in [2.75, 3.05) is 32.7 Å². The van der Waals surface area contributed by atoms with Gasteiger partial charge in [-0.3, -0.25) is 4.90 Å². The van der Waals surface area contributed by atoms with E-state index in [1.54, 1.807) is 0 Å². The quantitative estimate of drug-likeness (QED) is 0.753. The van der Waals surface area contributed by atoms with E-state index < -0.39 is 0 Å². The molecule has 1 aromatic carbocycles. The van der Waals surface area contributed by atoms with Crippen LogP contribution in [0.4, 0.5) is 0 Å². The summed E-state index contributed by atoms with van der Waals surface area (Å²) in [5.41, 5.74) is 1.43. The van der Waals surface area contributed by atoms with E-state index in [2.05, 4.69) is 62.1 Å². The highest BCUT2D eigenvalue weighted by atomic mass is 79.9. The fraction of sp³-hybridized carbons (Fsp3) is 0.579. The van der Waals surface area contributed by atoms with Crippen molar-refractivity contribution in [3.63, 3.8) is 0 Å². The molecule has 118 valence electrons. The van der Waals surface area contributed by atoms with Gasteiger partial charge in [-0.1, -0.05) is 40.2 Å². The molecule has 3 atom stereocenters. The normalized spacial score (nSPS) is 32.0. The van der Waals surface area contributed by atoms with Gasteiger partial charge in [-0.2, -0.15) is 0 Å². The first-order chi connectivity index (χ1) is 10.8. The largest absolute Gasteiger partial charge is 0.300 e. The minimum Gasteiger partial charge on any atom is -0.300 e. The Morgan fingerprint density at radius 1 is 0.909 bits per heavy atom. The lowest BCUT2D eigenvalue weighted by Crippen LogP contribution is -2.47. The third kappa shape index (κ3) is 3.32. The first-order valence-electron chi connectivity index (χ1n) is 8.64. The van der Waals surface area contributed by atoms with Crippen molar-refractivity contribution in [3.8, 4) is 0 Å². The SMILES string of the molecule is Brc1ccc(CN2CCN(C[C@@H]3C[C@@H]4C=C[C@@H]3C4)CC2)cc1. The minimum atomic E-state index is 0.894. The Labute approximate surface area is 142 Å². The zero-order valence-corrected chi connectivity index (χ0v) is 14.7. The van der Waals surface area contributed by atoms with Gasteiger partial charge in [-0.15, -0.1) is 0 Å². The topological polar surface area (TPSA) is 6.48 Å². The molecule has 1 aromatic rings. The summed E-state index contributed by atoms with van der Waals surface area (Å²) in [4.78, 5) is 5.30. The molecule has 0 N–H and O–H groups in total. The number of hydrogen-bond donors (Lipinski definition) is 0. The molecule has 1 heterocycles. The molecule has 2 aliphatic carbocycles. The van der Waals surface area contributed by atoms with Crippen molar-refractivity contribution in [1.29, 1.82) is 0 Å². The molecular weight excluding hydrogens is 336 g/mol. The predicted octanol–water partition coefficient (Wildman–Crippen LogP) is 3.78. The van der Waals surface area contributed by atoms with E-state index in [9.17, 15) is 0 Å². The highest BCUT2D eigenvalue weighted by molar-refractivity contribution is 9.10. The van der Waals surface area contributed by atoms with E-state index >= 15 is 0 Å². The first kappa shape index (κ1) is 14.9. The highest BCUT2D eigenvalue weighted by Crippen LogP contribution is 2.43. The maximum absolute atomic E-state index is 3.51. The van der Waals surface area contributed by atoms with E-state index in [1.807, 2.05) is 0 Å². The van der Waals surface area contributed by atoms with Crippen LogP contribution in [0.1, 0.15) is 18.4 Å². The number of halogens is 1. The highest BCUT2D eigenvalue weighted by Gasteiger charge is 2.36. The number of hydrogen-bond acceptors (Lipinski definition) is 2. The number of piperazine rings is 1. The number of rotatable bonds is 4. The minimum absolute atomic E-state index is 0.894. The van der Waals surface area contributed by atoms with Crippen LogP contribution >= 0.6 is 15.9 Å². The Kier molecular flexibility index (Phi) is 4.38. The lowest BCUT2D eigenvalue weighted by atomic mass is 9.93.